The van der Waals surface area contributed by atoms with Gasteiger partial charge < -0.3 is 0 Å². The zero-order chi connectivity index (χ0) is 21.0. The number of unbranched alkanes of at least 4 members (excludes halogenated alkanes) is 15. The fourth-order valence-corrected chi connectivity index (χ4v) is 4.38. The van der Waals surface area contributed by atoms with Crippen LogP contribution in [0.5, 0.6) is 0 Å². The summed E-state index contributed by atoms with van der Waals surface area (Å²) in [4.78, 5) is 0. The summed E-state index contributed by atoms with van der Waals surface area (Å²) >= 11 is 0. The van der Waals surface area contributed by atoms with Crippen molar-refractivity contribution in [3.8, 4) is 0 Å². The summed E-state index contributed by atoms with van der Waals surface area (Å²) in [6.07, 6.45) is 31.1. The Morgan fingerprint density at radius 3 is 1.66 bits per heavy atom. The molecule has 0 unspecified atom stereocenters. The minimum atomic E-state index is 1.22. The molecule has 0 atom stereocenters. The lowest BCUT2D eigenvalue weighted by Gasteiger charge is -2.07. The molecule has 0 aliphatic carbocycles. The molecule has 0 bridgehead atoms. The lowest BCUT2D eigenvalue weighted by molar-refractivity contribution is -0.704. The molecular weight excluding hydrogens is 352 g/mol. The van der Waals surface area contributed by atoms with Crippen LogP contribution in [0.4, 0.5) is 0 Å². The SMILES string of the molecule is CCCCCCCCCCCc1n(CCCCCCC)cc[n+]1CCCCCC. The van der Waals surface area contributed by atoms with E-state index in [1.807, 2.05) is 0 Å². The van der Waals surface area contributed by atoms with Crippen LogP contribution in [-0.4, -0.2) is 4.57 Å². The van der Waals surface area contributed by atoms with Gasteiger partial charge in [0.2, 0.25) is 0 Å². The summed E-state index contributed by atoms with van der Waals surface area (Å²) in [7, 11) is 0. The van der Waals surface area contributed by atoms with Gasteiger partial charge in [0.25, 0.3) is 5.82 Å². The van der Waals surface area contributed by atoms with Gasteiger partial charge in [0.15, 0.2) is 0 Å². The second kappa shape index (κ2) is 19.2. The molecule has 0 saturated heterocycles. The highest BCUT2D eigenvalue weighted by molar-refractivity contribution is 4.84. The maximum absolute atomic E-state index is 2.58. The molecule has 0 aliphatic rings. The third-order valence-corrected chi connectivity index (χ3v) is 6.35. The summed E-state index contributed by atoms with van der Waals surface area (Å²) in [6, 6.07) is 0. The van der Waals surface area contributed by atoms with Crippen LogP contribution in [-0.2, 0) is 19.5 Å². The van der Waals surface area contributed by atoms with Gasteiger partial charge in [0.1, 0.15) is 12.4 Å². The smallest absolute Gasteiger partial charge is 0.234 e. The Bertz CT molecular complexity index is 463. The van der Waals surface area contributed by atoms with E-state index in [-0.39, 0.29) is 0 Å². The zero-order valence-electron chi connectivity index (χ0n) is 20.4. The Hall–Kier alpha value is -0.790. The van der Waals surface area contributed by atoms with Crippen molar-refractivity contribution >= 4 is 0 Å². The molecule has 1 rings (SSSR count). The first-order valence-electron chi connectivity index (χ1n) is 13.4. The van der Waals surface area contributed by atoms with Crippen LogP contribution in [0.2, 0.25) is 0 Å². The largest absolute Gasteiger partial charge is 0.256 e. The standard InChI is InChI=1S/C27H53N2/c1-4-7-10-13-14-15-16-17-19-22-27-28(23-20-12-9-6-3)25-26-29(27)24-21-18-11-8-5-2/h25-26H,4-24H2,1-3H3/q+1. The van der Waals surface area contributed by atoms with Gasteiger partial charge in [-0.15, -0.1) is 0 Å². The monoisotopic (exact) mass is 405 g/mol. The highest BCUT2D eigenvalue weighted by Crippen LogP contribution is 2.12. The highest BCUT2D eigenvalue weighted by Gasteiger charge is 2.16. The molecule has 1 heterocycles. The third kappa shape index (κ3) is 13.2. The maximum atomic E-state index is 2.58. The van der Waals surface area contributed by atoms with Crippen molar-refractivity contribution in [2.75, 3.05) is 0 Å². The Morgan fingerprint density at radius 2 is 1.07 bits per heavy atom. The lowest BCUT2D eigenvalue weighted by atomic mass is 10.1. The van der Waals surface area contributed by atoms with Gasteiger partial charge in [-0.1, -0.05) is 104 Å². The van der Waals surface area contributed by atoms with Crippen molar-refractivity contribution in [3.05, 3.63) is 18.2 Å². The second-order valence-corrected chi connectivity index (χ2v) is 9.15. The topological polar surface area (TPSA) is 8.81 Å². The van der Waals surface area contributed by atoms with Gasteiger partial charge >= 0.3 is 0 Å². The Labute approximate surface area is 183 Å². The Morgan fingerprint density at radius 1 is 0.586 bits per heavy atom. The van der Waals surface area contributed by atoms with Crippen molar-refractivity contribution in [1.29, 1.82) is 0 Å². The Kier molecular flexibility index (Phi) is 17.4. The number of hydrogen-bond donors (Lipinski definition) is 0. The van der Waals surface area contributed by atoms with Crippen molar-refractivity contribution in [2.24, 2.45) is 0 Å². The molecule has 0 radical (unpaired) electrons. The van der Waals surface area contributed by atoms with Gasteiger partial charge in [-0.2, -0.15) is 0 Å². The fraction of sp³-hybridized carbons (Fsp3) is 0.889. The van der Waals surface area contributed by atoms with Crippen LogP contribution in [0.25, 0.3) is 0 Å². The van der Waals surface area contributed by atoms with E-state index in [4.69, 9.17) is 0 Å². The van der Waals surface area contributed by atoms with Crippen LogP contribution < -0.4 is 4.57 Å². The van der Waals surface area contributed by atoms with Crippen LogP contribution in [0.15, 0.2) is 12.4 Å². The summed E-state index contributed by atoms with van der Waals surface area (Å²) in [6.45, 7) is 9.35. The Balaban J connectivity index is 2.37. The number of aryl methyl sites for hydroxylation is 2. The number of hydrogen-bond acceptors (Lipinski definition) is 0. The van der Waals surface area contributed by atoms with Gasteiger partial charge in [0, 0.05) is 6.42 Å². The normalized spacial score (nSPS) is 11.4. The average Bonchev–Trinajstić information content (AvgIpc) is 3.11. The van der Waals surface area contributed by atoms with Gasteiger partial charge in [-0.25, -0.2) is 9.13 Å². The molecule has 2 nitrogen and oxygen atoms in total. The van der Waals surface area contributed by atoms with E-state index in [1.165, 1.54) is 135 Å². The average molecular weight is 406 g/mol. The van der Waals surface area contributed by atoms with Gasteiger partial charge in [0.05, 0.1) is 13.1 Å². The minimum Gasteiger partial charge on any atom is -0.234 e. The molecule has 2 heteroatoms. The van der Waals surface area contributed by atoms with E-state index >= 15 is 0 Å². The van der Waals surface area contributed by atoms with Crippen LogP contribution in [0.3, 0.4) is 0 Å². The highest BCUT2D eigenvalue weighted by atomic mass is 15.1. The van der Waals surface area contributed by atoms with Crippen molar-refractivity contribution < 1.29 is 4.57 Å². The maximum Gasteiger partial charge on any atom is 0.256 e. The van der Waals surface area contributed by atoms with E-state index in [0.717, 1.165) is 0 Å². The molecule has 170 valence electrons. The number of aromatic nitrogens is 2. The first-order valence-corrected chi connectivity index (χ1v) is 13.4. The molecule has 0 fully saturated rings. The first kappa shape index (κ1) is 26.2. The number of rotatable bonds is 21. The van der Waals surface area contributed by atoms with Crippen molar-refractivity contribution in [1.82, 2.24) is 4.57 Å². The van der Waals surface area contributed by atoms with Gasteiger partial charge in [-0.3, -0.25) is 0 Å². The van der Waals surface area contributed by atoms with Crippen molar-refractivity contribution in [3.63, 3.8) is 0 Å². The van der Waals surface area contributed by atoms with E-state index in [2.05, 4.69) is 42.3 Å². The zero-order valence-corrected chi connectivity index (χ0v) is 20.4. The summed E-state index contributed by atoms with van der Waals surface area (Å²) in [5.41, 5.74) is 0. The van der Waals surface area contributed by atoms with Crippen molar-refractivity contribution in [2.45, 2.75) is 156 Å². The van der Waals surface area contributed by atoms with E-state index in [1.54, 1.807) is 5.82 Å². The quantitative estimate of drug-likeness (QED) is 0.143. The lowest BCUT2D eigenvalue weighted by Crippen LogP contribution is -2.37. The molecular formula is C27H53N2+. The van der Waals surface area contributed by atoms with Crippen LogP contribution >= 0.6 is 0 Å². The summed E-state index contributed by atoms with van der Waals surface area (Å²) < 4.78 is 5.16. The molecule has 1 aromatic heterocycles. The molecule has 0 saturated carbocycles. The van der Waals surface area contributed by atoms with Gasteiger partial charge in [-0.05, 0) is 32.1 Å². The molecule has 0 aliphatic heterocycles. The molecule has 1 aromatic rings. The third-order valence-electron chi connectivity index (χ3n) is 6.35. The molecule has 0 N–H and O–H groups in total. The van der Waals surface area contributed by atoms with E-state index in [9.17, 15) is 0 Å². The molecule has 0 spiro atoms. The summed E-state index contributed by atoms with van der Waals surface area (Å²) in [5.74, 6) is 1.60. The number of nitrogens with zero attached hydrogens (tertiary/aromatic N) is 2. The van der Waals surface area contributed by atoms with Crippen LogP contribution in [0.1, 0.15) is 142 Å². The predicted molar refractivity (Wildman–Crippen MR) is 128 cm³/mol. The van der Waals surface area contributed by atoms with Crippen LogP contribution in [0, 0.1) is 0 Å². The molecule has 0 amide bonds. The fourth-order valence-electron chi connectivity index (χ4n) is 4.38. The minimum absolute atomic E-state index is 1.22. The van der Waals surface area contributed by atoms with E-state index < -0.39 is 0 Å². The molecule has 0 aromatic carbocycles. The first-order chi connectivity index (χ1) is 14.3. The number of imidazole rings is 1. The summed E-state index contributed by atoms with van der Waals surface area (Å²) in [5, 5.41) is 0. The molecule has 29 heavy (non-hydrogen) atoms. The second-order valence-electron chi connectivity index (χ2n) is 9.15. The predicted octanol–water partition coefficient (Wildman–Crippen LogP) is 8.40. The van der Waals surface area contributed by atoms with E-state index in [0.29, 0.717) is 0 Å².